The summed E-state index contributed by atoms with van der Waals surface area (Å²) in [6.45, 7) is 5.99. The average molecular weight is 818 g/mol. The van der Waals surface area contributed by atoms with Crippen molar-refractivity contribution in [2.75, 3.05) is 51.2 Å². The molecule has 5 aromatic rings. The third-order valence-electron chi connectivity index (χ3n) is 12.0. The van der Waals surface area contributed by atoms with Crippen molar-refractivity contribution in [3.05, 3.63) is 76.5 Å². The van der Waals surface area contributed by atoms with Gasteiger partial charge in [-0.25, -0.2) is 9.78 Å². The number of aryl methyl sites for hydroxylation is 1. The summed E-state index contributed by atoms with van der Waals surface area (Å²) >= 11 is 0. The van der Waals surface area contributed by atoms with Crippen LogP contribution in [0.4, 0.5) is 19.1 Å². The van der Waals surface area contributed by atoms with Crippen molar-refractivity contribution in [2.24, 2.45) is 7.05 Å². The van der Waals surface area contributed by atoms with Gasteiger partial charge in [-0.2, -0.15) is 18.2 Å². The van der Waals surface area contributed by atoms with Crippen LogP contribution in [0, 0.1) is 0 Å². The fourth-order valence-electron chi connectivity index (χ4n) is 8.61. The number of hydrogen-bond acceptors (Lipinski definition) is 10. The molecule has 2 aromatic carbocycles. The number of rotatable bonds is 13. The van der Waals surface area contributed by atoms with Crippen molar-refractivity contribution in [3.8, 4) is 11.1 Å². The molecule has 3 fully saturated rings. The lowest BCUT2D eigenvalue weighted by Gasteiger charge is -2.34. The highest BCUT2D eigenvalue weighted by Gasteiger charge is 2.32. The molecule has 59 heavy (non-hydrogen) atoms. The van der Waals surface area contributed by atoms with Gasteiger partial charge in [-0.15, -0.1) is 0 Å². The van der Waals surface area contributed by atoms with E-state index in [1.165, 1.54) is 14.7 Å². The number of halogens is 3. The lowest BCUT2D eigenvalue weighted by Crippen LogP contribution is -2.46. The van der Waals surface area contributed by atoms with E-state index in [0.29, 0.717) is 49.2 Å². The number of carbonyl (C=O) groups is 2. The molecular formula is C42H50F3N9O5. The predicted molar refractivity (Wildman–Crippen MR) is 216 cm³/mol. The van der Waals surface area contributed by atoms with Gasteiger partial charge >= 0.3 is 11.9 Å². The van der Waals surface area contributed by atoms with Crippen LogP contribution < -0.4 is 16.3 Å². The van der Waals surface area contributed by atoms with Crippen LogP contribution in [-0.4, -0.2) is 109 Å². The number of aromatic nitrogens is 5. The molecule has 0 bridgehead atoms. The first-order chi connectivity index (χ1) is 28.4. The molecule has 8 rings (SSSR count). The van der Waals surface area contributed by atoms with Crippen LogP contribution in [-0.2, 0) is 34.5 Å². The summed E-state index contributed by atoms with van der Waals surface area (Å²) in [7, 11) is 1.68. The molecule has 2 aliphatic heterocycles. The Bertz CT molecular complexity index is 2360. The summed E-state index contributed by atoms with van der Waals surface area (Å²) < 4.78 is 49.5. The average Bonchev–Trinajstić information content (AvgIpc) is 3.71. The number of imidazole rings is 1. The zero-order valence-corrected chi connectivity index (χ0v) is 33.1. The number of nitrogens with one attached hydrogen (secondary N) is 2. The van der Waals surface area contributed by atoms with Gasteiger partial charge in [0.15, 0.2) is 0 Å². The molecule has 0 spiro atoms. The standard InChI is InChI=1S/C42H50F3N9O5/c1-50-36-22-28(4-11-34(36)54(41(50)58)35-12-13-37(56)48-39(35)57)26-59-21-20-51-16-18-52(19-17-51)24-27-2-5-29(6-3-27)33-25-53(30-7-9-31(55)10-8-30)38-32(33)23-47-40(49-38)46-15-14-42(43,44)45/h2-6,11,22-23,25,30-31,35,55H,7-10,12-21,24,26H2,1H3,(H,46,47,49)(H,48,56,57)/t30?,31?,35-/m0/s1. The quantitative estimate of drug-likeness (QED) is 0.111. The van der Waals surface area contributed by atoms with Crippen LogP contribution in [0.3, 0.4) is 0 Å². The normalized spacial score (nSPS) is 21.1. The molecule has 0 unspecified atom stereocenters. The van der Waals surface area contributed by atoms with Gasteiger partial charge in [0, 0.05) is 88.7 Å². The van der Waals surface area contributed by atoms with Crippen LogP contribution in [0.25, 0.3) is 33.2 Å². The highest BCUT2D eigenvalue weighted by atomic mass is 19.4. The molecule has 1 atom stereocenters. The molecule has 3 aromatic heterocycles. The Balaban J connectivity index is 0.832. The minimum absolute atomic E-state index is 0.124. The van der Waals surface area contributed by atoms with Gasteiger partial charge in [-0.1, -0.05) is 30.3 Å². The molecule has 3 N–H and O–H groups in total. The smallest absolute Gasteiger partial charge is 0.390 e. The number of ether oxygens (including phenoxy) is 1. The van der Waals surface area contributed by atoms with Gasteiger partial charge < -0.3 is 19.7 Å². The van der Waals surface area contributed by atoms with Crippen LogP contribution >= 0.6 is 0 Å². The summed E-state index contributed by atoms with van der Waals surface area (Å²) in [5.41, 5.74) is 5.84. The van der Waals surface area contributed by atoms with Crippen molar-refractivity contribution >= 4 is 39.8 Å². The van der Waals surface area contributed by atoms with E-state index in [9.17, 15) is 32.7 Å². The topological polar surface area (TPSA) is 152 Å². The van der Waals surface area contributed by atoms with Crippen molar-refractivity contribution in [2.45, 2.75) is 82.5 Å². The molecule has 1 saturated carbocycles. The van der Waals surface area contributed by atoms with Gasteiger partial charge in [-0.05, 0) is 60.9 Å². The van der Waals surface area contributed by atoms with Crippen LogP contribution in [0.5, 0.6) is 0 Å². The molecule has 2 amide bonds. The van der Waals surface area contributed by atoms with Gasteiger partial charge in [0.2, 0.25) is 17.8 Å². The van der Waals surface area contributed by atoms with Gasteiger partial charge in [-0.3, -0.25) is 33.8 Å². The van der Waals surface area contributed by atoms with Crippen molar-refractivity contribution in [1.82, 2.24) is 38.8 Å². The fourth-order valence-corrected chi connectivity index (χ4v) is 8.61. The first-order valence-electron chi connectivity index (χ1n) is 20.4. The Morgan fingerprint density at radius 2 is 1.66 bits per heavy atom. The van der Waals surface area contributed by atoms with Gasteiger partial charge in [0.25, 0.3) is 0 Å². The van der Waals surface area contributed by atoms with Crippen molar-refractivity contribution in [1.29, 1.82) is 0 Å². The largest absolute Gasteiger partial charge is 0.393 e. The van der Waals surface area contributed by atoms with E-state index in [0.717, 1.165) is 74.2 Å². The number of hydrogen-bond donors (Lipinski definition) is 3. The second-order valence-corrected chi connectivity index (χ2v) is 16.0. The lowest BCUT2D eigenvalue weighted by molar-refractivity contribution is -0.136. The van der Waals surface area contributed by atoms with E-state index in [1.807, 2.05) is 18.2 Å². The predicted octanol–water partition coefficient (Wildman–Crippen LogP) is 4.90. The molecule has 0 radical (unpaired) electrons. The van der Waals surface area contributed by atoms with E-state index < -0.39 is 24.5 Å². The van der Waals surface area contributed by atoms with Gasteiger partial charge in [0.1, 0.15) is 11.7 Å². The SMILES string of the molecule is Cn1c(=O)n([C@H]2CCC(=O)NC2=O)c2ccc(COCCN3CCN(Cc4ccc(-c5cn(C6CCC(O)CC6)c6nc(NCCC(F)(F)F)ncc56)cc4)CC3)cc21. The van der Waals surface area contributed by atoms with Crippen LogP contribution in [0.1, 0.15) is 68.2 Å². The Labute approximate surface area is 339 Å². The van der Waals surface area contributed by atoms with Crippen molar-refractivity contribution in [3.63, 3.8) is 0 Å². The highest BCUT2D eigenvalue weighted by molar-refractivity contribution is 6.00. The second kappa shape index (κ2) is 17.2. The maximum atomic E-state index is 13.1. The summed E-state index contributed by atoms with van der Waals surface area (Å²) in [6.07, 6.45) is 1.65. The Morgan fingerprint density at radius 3 is 2.39 bits per heavy atom. The fraction of sp³-hybridized carbons (Fsp3) is 0.500. The highest BCUT2D eigenvalue weighted by Crippen LogP contribution is 2.37. The number of benzene rings is 2. The lowest BCUT2D eigenvalue weighted by atomic mass is 9.93. The summed E-state index contributed by atoms with van der Waals surface area (Å²) in [5, 5.41) is 16.0. The Hall–Kier alpha value is -5.10. The molecule has 14 nitrogen and oxygen atoms in total. The maximum Gasteiger partial charge on any atom is 0.390 e. The summed E-state index contributed by atoms with van der Waals surface area (Å²) in [6, 6.07) is 13.6. The van der Waals surface area contributed by atoms with E-state index >= 15 is 0 Å². The molecule has 1 aliphatic carbocycles. The number of aliphatic hydroxyl groups excluding tert-OH is 1. The number of nitrogens with zero attached hydrogens (tertiary/aromatic N) is 7. The Morgan fingerprint density at radius 1 is 0.932 bits per heavy atom. The number of fused-ring (bicyclic) bond motifs is 2. The van der Waals surface area contributed by atoms with Crippen molar-refractivity contribution < 1.29 is 32.6 Å². The summed E-state index contributed by atoms with van der Waals surface area (Å²) in [5.74, 6) is -0.609. The molecule has 2 saturated heterocycles. The first kappa shape index (κ1) is 40.7. The minimum Gasteiger partial charge on any atom is -0.393 e. The zero-order valence-electron chi connectivity index (χ0n) is 33.1. The second-order valence-electron chi connectivity index (χ2n) is 16.0. The number of aliphatic hydroxyl groups is 1. The molecule has 5 heterocycles. The number of piperazine rings is 1. The minimum atomic E-state index is -4.27. The molecular weight excluding hydrogens is 768 g/mol. The van der Waals surface area contributed by atoms with Crippen LogP contribution in [0.2, 0.25) is 0 Å². The third kappa shape index (κ3) is 9.22. The molecule has 17 heteroatoms. The molecule has 314 valence electrons. The first-order valence-corrected chi connectivity index (χ1v) is 20.4. The van der Waals surface area contributed by atoms with Crippen LogP contribution in [0.15, 0.2) is 59.7 Å². The number of alkyl halides is 3. The number of anilines is 1. The number of carbonyl (C=O) groups excluding carboxylic acids is 2. The Kier molecular flexibility index (Phi) is 11.9. The molecule has 3 aliphatic rings. The number of amides is 2. The van der Waals surface area contributed by atoms with E-state index in [4.69, 9.17) is 4.74 Å². The number of piperidine rings is 1. The monoisotopic (exact) mass is 817 g/mol. The zero-order chi connectivity index (χ0) is 41.3. The third-order valence-corrected chi connectivity index (χ3v) is 12.0. The summed E-state index contributed by atoms with van der Waals surface area (Å²) in [4.78, 5) is 51.1. The van der Waals surface area contributed by atoms with E-state index in [1.54, 1.807) is 13.2 Å². The van der Waals surface area contributed by atoms with E-state index in [-0.39, 0.29) is 42.7 Å². The number of imide groups is 1. The maximum absolute atomic E-state index is 13.1. The van der Waals surface area contributed by atoms with Gasteiger partial charge in [0.05, 0.1) is 36.8 Å². The van der Waals surface area contributed by atoms with E-state index in [2.05, 4.69) is 65.4 Å².